The van der Waals surface area contributed by atoms with Gasteiger partial charge in [-0.25, -0.2) is 4.39 Å². The fraction of sp³-hybridized carbons (Fsp3) is 0.467. The average Bonchev–Trinajstić information content (AvgIpc) is 2.40. The lowest BCUT2D eigenvalue weighted by Crippen LogP contribution is -2.61. The summed E-state index contributed by atoms with van der Waals surface area (Å²) in [6.07, 6.45) is 0. The zero-order valence-electron chi connectivity index (χ0n) is 12.5. The van der Waals surface area contributed by atoms with Gasteiger partial charge in [0.2, 0.25) is 5.91 Å². The molecule has 1 amide bonds. The molecular formula is C15H20FN3OS. The monoisotopic (exact) mass is 309 g/mol. The van der Waals surface area contributed by atoms with Gasteiger partial charge in [-0.1, -0.05) is 12.2 Å². The number of nitrogens with zero attached hydrogens (tertiary/aromatic N) is 2. The molecule has 1 aliphatic rings. The van der Waals surface area contributed by atoms with Crippen LogP contribution in [0.2, 0.25) is 0 Å². The molecule has 2 N–H and O–H groups in total. The van der Waals surface area contributed by atoms with Crippen LogP contribution in [0.25, 0.3) is 0 Å². The van der Waals surface area contributed by atoms with Crippen molar-refractivity contribution in [2.24, 2.45) is 5.73 Å². The van der Waals surface area contributed by atoms with Crippen LogP contribution < -0.4 is 5.73 Å². The summed E-state index contributed by atoms with van der Waals surface area (Å²) in [5.74, 6) is -0.273. The number of hydrogen-bond acceptors (Lipinski definition) is 3. The lowest BCUT2D eigenvalue weighted by atomic mass is 9.96. The van der Waals surface area contributed by atoms with E-state index in [1.165, 1.54) is 12.1 Å². The summed E-state index contributed by atoms with van der Waals surface area (Å²) in [6.45, 7) is 5.58. The summed E-state index contributed by atoms with van der Waals surface area (Å²) in [4.78, 5) is 16.3. The normalized spacial score (nSPS) is 18.9. The minimum atomic E-state index is -0.632. The number of rotatable bonds is 3. The quantitative estimate of drug-likeness (QED) is 0.860. The molecule has 0 radical (unpaired) electrons. The van der Waals surface area contributed by atoms with Crippen LogP contribution in [0, 0.1) is 5.82 Å². The Hall–Kier alpha value is -1.53. The molecule has 1 fully saturated rings. The SMILES string of the molecule is CN1CCN(Cc2cc(F)ccc2C(N)=S)C(C)(C)C1=O. The van der Waals surface area contributed by atoms with Crippen molar-refractivity contribution < 1.29 is 9.18 Å². The first kappa shape index (κ1) is 15.9. The minimum absolute atomic E-state index is 0.0574. The summed E-state index contributed by atoms with van der Waals surface area (Å²) >= 11 is 5.02. The van der Waals surface area contributed by atoms with Gasteiger partial charge in [-0.3, -0.25) is 9.69 Å². The van der Waals surface area contributed by atoms with Crippen LogP contribution in [-0.4, -0.2) is 46.4 Å². The Morgan fingerprint density at radius 2 is 2.10 bits per heavy atom. The van der Waals surface area contributed by atoms with Crippen molar-refractivity contribution in [2.75, 3.05) is 20.1 Å². The molecule has 2 rings (SSSR count). The lowest BCUT2D eigenvalue weighted by Gasteiger charge is -2.45. The number of carbonyl (C=O) groups excluding carboxylic acids is 1. The van der Waals surface area contributed by atoms with Gasteiger partial charge < -0.3 is 10.6 Å². The van der Waals surface area contributed by atoms with Gasteiger partial charge in [0.1, 0.15) is 10.8 Å². The number of halogens is 1. The first-order valence-corrected chi connectivity index (χ1v) is 7.23. The van der Waals surface area contributed by atoms with Gasteiger partial charge in [0.05, 0.1) is 5.54 Å². The fourth-order valence-corrected chi connectivity index (χ4v) is 2.87. The Kier molecular flexibility index (Phi) is 4.30. The average molecular weight is 309 g/mol. The molecule has 0 bridgehead atoms. The van der Waals surface area contributed by atoms with Gasteiger partial charge in [0, 0.05) is 32.2 Å². The summed E-state index contributed by atoms with van der Waals surface area (Å²) in [5, 5.41) is 0. The van der Waals surface area contributed by atoms with Crippen molar-refractivity contribution in [3.63, 3.8) is 0 Å². The molecule has 4 nitrogen and oxygen atoms in total. The van der Waals surface area contributed by atoms with Crippen molar-refractivity contribution in [2.45, 2.75) is 25.9 Å². The highest BCUT2D eigenvalue weighted by Gasteiger charge is 2.40. The number of thiocarbonyl (C=S) groups is 1. The zero-order valence-corrected chi connectivity index (χ0v) is 13.3. The Balaban J connectivity index is 2.32. The largest absolute Gasteiger partial charge is 0.389 e. The Morgan fingerprint density at radius 1 is 1.43 bits per heavy atom. The van der Waals surface area contributed by atoms with Crippen molar-refractivity contribution in [1.29, 1.82) is 0 Å². The van der Waals surface area contributed by atoms with Crippen LogP contribution in [0.15, 0.2) is 18.2 Å². The Morgan fingerprint density at radius 3 is 2.71 bits per heavy atom. The molecule has 0 atom stereocenters. The van der Waals surface area contributed by atoms with E-state index in [9.17, 15) is 9.18 Å². The van der Waals surface area contributed by atoms with Crippen LogP contribution in [0.1, 0.15) is 25.0 Å². The van der Waals surface area contributed by atoms with Gasteiger partial charge in [0.25, 0.3) is 0 Å². The predicted octanol–water partition coefficient (Wildman–Crippen LogP) is 1.51. The zero-order chi connectivity index (χ0) is 15.8. The van der Waals surface area contributed by atoms with Gasteiger partial charge in [-0.15, -0.1) is 0 Å². The molecule has 1 aromatic carbocycles. The maximum absolute atomic E-state index is 13.5. The molecule has 1 aromatic rings. The van der Waals surface area contributed by atoms with E-state index in [-0.39, 0.29) is 16.7 Å². The second-order valence-corrected chi connectivity index (χ2v) is 6.31. The number of carbonyl (C=O) groups is 1. The van der Waals surface area contributed by atoms with Crippen molar-refractivity contribution in [1.82, 2.24) is 9.80 Å². The highest BCUT2D eigenvalue weighted by atomic mass is 32.1. The number of amides is 1. The van der Waals surface area contributed by atoms with Crippen LogP contribution >= 0.6 is 12.2 Å². The predicted molar refractivity (Wildman–Crippen MR) is 84.4 cm³/mol. The number of piperazine rings is 1. The topological polar surface area (TPSA) is 49.6 Å². The second-order valence-electron chi connectivity index (χ2n) is 5.87. The molecular weight excluding hydrogens is 289 g/mol. The third kappa shape index (κ3) is 3.06. The van der Waals surface area contributed by atoms with Crippen LogP contribution in [-0.2, 0) is 11.3 Å². The highest BCUT2D eigenvalue weighted by Crippen LogP contribution is 2.25. The van der Waals surface area contributed by atoms with E-state index in [4.69, 9.17) is 18.0 Å². The van der Waals surface area contributed by atoms with Crippen molar-refractivity contribution >= 4 is 23.1 Å². The molecule has 1 aliphatic heterocycles. The molecule has 0 spiro atoms. The second kappa shape index (κ2) is 5.69. The highest BCUT2D eigenvalue weighted by molar-refractivity contribution is 7.80. The Labute approximate surface area is 129 Å². The summed E-state index contributed by atoms with van der Waals surface area (Å²) in [6, 6.07) is 4.38. The molecule has 0 aromatic heterocycles. The molecule has 1 saturated heterocycles. The van der Waals surface area contributed by atoms with E-state index < -0.39 is 5.54 Å². The third-order valence-electron chi connectivity index (χ3n) is 4.06. The van der Waals surface area contributed by atoms with E-state index in [2.05, 4.69) is 0 Å². The van der Waals surface area contributed by atoms with Gasteiger partial charge in [-0.2, -0.15) is 0 Å². The van der Waals surface area contributed by atoms with Gasteiger partial charge >= 0.3 is 0 Å². The standard InChI is InChI=1S/C15H20FN3OS/c1-15(2)14(20)18(3)6-7-19(15)9-10-8-11(16)4-5-12(10)13(17)21/h4-5,8H,6-7,9H2,1-3H3,(H2,17,21). The van der Waals surface area contributed by atoms with Crippen LogP contribution in [0.4, 0.5) is 4.39 Å². The van der Waals surface area contributed by atoms with Crippen molar-refractivity contribution in [3.05, 3.63) is 35.1 Å². The van der Waals surface area contributed by atoms with Gasteiger partial charge in [0.15, 0.2) is 0 Å². The van der Waals surface area contributed by atoms with Crippen molar-refractivity contribution in [3.8, 4) is 0 Å². The fourth-order valence-electron chi connectivity index (χ4n) is 2.67. The number of benzene rings is 1. The van der Waals surface area contributed by atoms with E-state index >= 15 is 0 Å². The summed E-state index contributed by atoms with van der Waals surface area (Å²) < 4.78 is 13.5. The van der Waals surface area contributed by atoms with E-state index in [1.54, 1.807) is 18.0 Å². The third-order valence-corrected chi connectivity index (χ3v) is 4.28. The molecule has 114 valence electrons. The van der Waals surface area contributed by atoms with E-state index in [1.807, 2.05) is 18.7 Å². The number of likely N-dealkylation sites (N-methyl/N-ethyl adjacent to an activating group) is 1. The van der Waals surface area contributed by atoms with E-state index in [0.717, 1.165) is 6.54 Å². The molecule has 0 aliphatic carbocycles. The molecule has 1 heterocycles. The Bertz CT molecular complexity index is 588. The van der Waals surface area contributed by atoms with Crippen LogP contribution in [0.5, 0.6) is 0 Å². The maximum atomic E-state index is 13.5. The maximum Gasteiger partial charge on any atom is 0.242 e. The lowest BCUT2D eigenvalue weighted by molar-refractivity contribution is -0.147. The molecule has 0 saturated carbocycles. The first-order chi connectivity index (χ1) is 9.73. The van der Waals surface area contributed by atoms with E-state index in [0.29, 0.717) is 24.2 Å². The summed E-state index contributed by atoms with van der Waals surface area (Å²) in [5.41, 5.74) is 6.45. The smallest absolute Gasteiger partial charge is 0.242 e. The molecule has 0 unspecified atom stereocenters. The molecule has 21 heavy (non-hydrogen) atoms. The number of nitrogens with two attached hydrogens (primary N) is 1. The summed E-state index contributed by atoms with van der Waals surface area (Å²) in [7, 11) is 1.80. The minimum Gasteiger partial charge on any atom is -0.389 e. The van der Waals surface area contributed by atoms with Crippen LogP contribution in [0.3, 0.4) is 0 Å². The molecule has 6 heteroatoms. The van der Waals surface area contributed by atoms with Gasteiger partial charge in [-0.05, 0) is 37.6 Å². The first-order valence-electron chi connectivity index (χ1n) is 6.82. The number of hydrogen-bond donors (Lipinski definition) is 1.